The summed E-state index contributed by atoms with van der Waals surface area (Å²) in [5.41, 5.74) is 1.89. The average Bonchev–Trinajstić information content (AvgIpc) is 2.59. The fourth-order valence-corrected chi connectivity index (χ4v) is 2.09. The first kappa shape index (κ1) is 18.0. The molecule has 0 heterocycles. The molecule has 0 unspecified atom stereocenters. The highest BCUT2D eigenvalue weighted by atomic mass is 16.5. The SMILES string of the molecule is CN(C)CCNCC(=O)Nc1ccc(OCc2ccccc2)cc1. The Hall–Kier alpha value is -2.37. The van der Waals surface area contributed by atoms with Crippen molar-refractivity contribution in [3.05, 3.63) is 60.2 Å². The van der Waals surface area contributed by atoms with E-state index in [4.69, 9.17) is 4.74 Å². The minimum absolute atomic E-state index is 0.0493. The molecule has 2 aromatic carbocycles. The summed E-state index contributed by atoms with van der Waals surface area (Å²) in [6, 6.07) is 17.4. The van der Waals surface area contributed by atoms with Crippen molar-refractivity contribution in [1.29, 1.82) is 0 Å². The molecule has 0 fully saturated rings. The number of carbonyl (C=O) groups excluding carboxylic acids is 1. The van der Waals surface area contributed by atoms with Crippen LogP contribution in [0.1, 0.15) is 5.56 Å². The summed E-state index contributed by atoms with van der Waals surface area (Å²) in [6.45, 7) is 2.52. The van der Waals surface area contributed by atoms with Crippen molar-refractivity contribution in [2.75, 3.05) is 39.0 Å². The summed E-state index contributed by atoms with van der Waals surface area (Å²) in [7, 11) is 4.01. The molecule has 2 rings (SSSR count). The summed E-state index contributed by atoms with van der Waals surface area (Å²) < 4.78 is 5.72. The number of rotatable bonds is 9. The van der Waals surface area contributed by atoms with Crippen molar-refractivity contribution >= 4 is 11.6 Å². The maximum Gasteiger partial charge on any atom is 0.238 e. The minimum atomic E-state index is -0.0493. The Kier molecular flexibility index (Phi) is 7.26. The van der Waals surface area contributed by atoms with Gasteiger partial charge in [-0.3, -0.25) is 4.79 Å². The van der Waals surface area contributed by atoms with Crippen LogP contribution in [-0.2, 0) is 11.4 Å². The molecule has 0 spiro atoms. The zero-order chi connectivity index (χ0) is 17.2. The molecule has 1 amide bonds. The van der Waals surface area contributed by atoms with Gasteiger partial charge in [-0.2, -0.15) is 0 Å². The molecule has 5 heteroatoms. The van der Waals surface area contributed by atoms with E-state index in [1.54, 1.807) is 0 Å². The van der Waals surface area contributed by atoms with E-state index in [2.05, 4.69) is 15.5 Å². The highest BCUT2D eigenvalue weighted by Crippen LogP contribution is 2.17. The lowest BCUT2D eigenvalue weighted by Crippen LogP contribution is -2.33. The largest absolute Gasteiger partial charge is 0.489 e. The second-order valence-corrected chi connectivity index (χ2v) is 5.83. The number of carbonyl (C=O) groups is 1. The van der Waals surface area contributed by atoms with Gasteiger partial charge in [0.1, 0.15) is 12.4 Å². The summed E-state index contributed by atoms with van der Waals surface area (Å²) in [5.74, 6) is 0.729. The van der Waals surface area contributed by atoms with Crippen LogP contribution >= 0.6 is 0 Å². The molecule has 5 nitrogen and oxygen atoms in total. The monoisotopic (exact) mass is 327 g/mol. The Morgan fingerprint density at radius 2 is 1.75 bits per heavy atom. The zero-order valence-corrected chi connectivity index (χ0v) is 14.3. The van der Waals surface area contributed by atoms with Crippen LogP contribution in [0.3, 0.4) is 0 Å². The Morgan fingerprint density at radius 1 is 1.04 bits per heavy atom. The van der Waals surface area contributed by atoms with Crippen LogP contribution in [0.4, 0.5) is 5.69 Å². The topological polar surface area (TPSA) is 53.6 Å². The van der Waals surface area contributed by atoms with Gasteiger partial charge in [-0.15, -0.1) is 0 Å². The Morgan fingerprint density at radius 3 is 2.42 bits per heavy atom. The van der Waals surface area contributed by atoms with Crippen LogP contribution in [-0.4, -0.2) is 44.5 Å². The van der Waals surface area contributed by atoms with E-state index in [9.17, 15) is 4.79 Å². The third-order valence-electron chi connectivity index (χ3n) is 3.41. The van der Waals surface area contributed by atoms with Gasteiger partial charge in [0, 0.05) is 18.8 Å². The number of hydrogen-bond donors (Lipinski definition) is 2. The predicted octanol–water partition coefficient (Wildman–Crippen LogP) is 2.36. The summed E-state index contributed by atoms with van der Waals surface area (Å²) in [5, 5.41) is 5.97. The molecule has 2 aromatic rings. The smallest absolute Gasteiger partial charge is 0.238 e. The maximum absolute atomic E-state index is 11.8. The van der Waals surface area contributed by atoms with Crippen molar-refractivity contribution in [3.8, 4) is 5.75 Å². The van der Waals surface area contributed by atoms with Gasteiger partial charge in [-0.05, 0) is 43.9 Å². The third kappa shape index (κ3) is 6.81. The number of ether oxygens (including phenoxy) is 1. The van der Waals surface area contributed by atoms with Crippen LogP contribution < -0.4 is 15.4 Å². The highest BCUT2D eigenvalue weighted by molar-refractivity contribution is 5.92. The molecule has 0 aliphatic carbocycles. The van der Waals surface area contributed by atoms with Gasteiger partial charge in [0.2, 0.25) is 5.91 Å². The number of anilines is 1. The number of amides is 1. The predicted molar refractivity (Wildman–Crippen MR) is 97.3 cm³/mol. The van der Waals surface area contributed by atoms with E-state index in [1.807, 2.05) is 68.7 Å². The summed E-state index contributed by atoms with van der Waals surface area (Å²) in [4.78, 5) is 13.9. The fraction of sp³-hybridized carbons (Fsp3) is 0.316. The normalized spacial score (nSPS) is 10.6. The van der Waals surface area contributed by atoms with Crippen molar-refractivity contribution < 1.29 is 9.53 Å². The third-order valence-corrected chi connectivity index (χ3v) is 3.41. The van der Waals surface area contributed by atoms with Crippen molar-refractivity contribution in [2.24, 2.45) is 0 Å². The lowest BCUT2D eigenvalue weighted by molar-refractivity contribution is -0.115. The van der Waals surface area contributed by atoms with Gasteiger partial charge >= 0.3 is 0 Å². The first-order valence-corrected chi connectivity index (χ1v) is 8.05. The number of likely N-dealkylation sites (N-methyl/N-ethyl adjacent to an activating group) is 1. The van der Waals surface area contributed by atoms with Gasteiger partial charge in [-0.25, -0.2) is 0 Å². The Labute approximate surface area is 143 Å². The van der Waals surface area contributed by atoms with Gasteiger partial charge < -0.3 is 20.3 Å². The molecule has 0 atom stereocenters. The molecule has 0 saturated heterocycles. The van der Waals surface area contributed by atoms with Gasteiger partial charge in [0.05, 0.1) is 6.54 Å². The van der Waals surface area contributed by atoms with Crippen LogP contribution in [0.25, 0.3) is 0 Å². The molecule has 0 bridgehead atoms. The molecule has 0 radical (unpaired) electrons. The van der Waals surface area contributed by atoms with Crippen LogP contribution in [0, 0.1) is 0 Å². The lowest BCUT2D eigenvalue weighted by atomic mass is 10.2. The van der Waals surface area contributed by atoms with Crippen molar-refractivity contribution in [1.82, 2.24) is 10.2 Å². The quantitative estimate of drug-likeness (QED) is 0.694. The first-order valence-electron chi connectivity index (χ1n) is 8.05. The van der Waals surface area contributed by atoms with Crippen molar-refractivity contribution in [3.63, 3.8) is 0 Å². The molecule has 2 N–H and O–H groups in total. The Bertz CT molecular complexity index is 612. The van der Waals surface area contributed by atoms with E-state index < -0.39 is 0 Å². The molecule has 0 aromatic heterocycles. The standard InChI is InChI=1S/C19H25N3O2/c1-22(2)13-12-20-14-19(23)21-17-8-10-18(11-9-17)24-15-16-6-4-3-5-7-16/h3-11,20H,12-15H2,1-2H3,(H,21,23). The molecular formula is C19H25N3O2. The molecule has 0 saturated carbocycles. The number of nitrogens with one attached hydrogen (secondary N) is 2. The average molecular weight is 327 g/mol. The maximum atomic E-state index is 11.8. The molecule has 128 valence electrons. The Balaban J connectivity index is 1.72. The van der Waals surface area contributed by atoms with Crippen LogP contribution in [0.15, 0.2) is 54.6 Å². The second-order valence-electron chi connectivity index (χ2n) is 5.83. The summed E-state index contributed by atoms with van der Waals surface area (Å²) >= 11 is 0. The van der Waals surface area contributed by atoms with E-state index in [-0.39, 0.29) is 5.91 Å². The number of benzene rings is 2. The zero-order valence-electron chi connectivity index (χ0n) is 14.3. The van der Waals surface area contributed by atoms with Gasteiger partial charge in [0.25, 0.3) is 0 Å². The first-order chi connectivity index (χ1) is 11.6. The van der Waals surface area contributed by atoms with Crippen LogP contribution in [0.2, 0.25) is 0 Å². The van der Waals surface area contributed by atoms with E-state index in [1.165, 1.54) is 0 Å². The van der Waals surface area contributed by atoms with Crippen LogP contribution in [0.5, 0.6) is 5.75 Å². The number of nitrogens with zero attached hydrogens (tertiary/aromatic N) is 1. The molecule has 0 aliphatic rings. The molecular weight excluding hydrogens is 302 g/mol. The summed E-state index contributed by atoms with van der Waals surface area (Å²) in [6.07, 6.45) is 0. The molecule has 0 aliphatic heterocycles. The lowest BCUT2D eigenvalue weighted by Gasteiger charge is -2.11. The van der Waals surface area contributed by atoms with E-state index in [0.29, 0.717) is 13.2 Å². The van der Waals surface area contributed by atoms with E-state index in [0.717, 1.165) is 30.1 Å². The van der Waals surface area contributed by atoms with Gasteiger partial charge in [-0.1, -0.05) is 30.3 Å². The number of hydrogen-bond acceptors (Lipinski definition) is 4. The highest BCUT2D eigenvalue weighted by Gasteiger charge is 2.02. The fourth-order valence-electron chi connectivity index (χ4n) is 2.09. The van der Waals surface area contributed by atoms with Gasteiger partial charge in [0.15, 0.2) is 0 Å². The van der Waals surface area contributed by atoms with E-state index >= 15 is 0 Å². The van der Waals surface area contributed by atoms with Crippen molar-refractivity contribution in [2.45, 2.75) is 6.61 Å². The minimum Gasteiger partial charge on any atom is -0.489 e. The second kappa shape index (κ2) is 9.70. The molecule has 24 heavy (non-hydrogen) atoms.